The number of carbonyl (C=O) groups is 2. The number of hydrogen-bond acceptors (Lipinski definition) is 9. The lowest BCUT2D eigenvalue weighted by Gasteiger charge is -2.63. The molecule has 0 bridgehead atoms. The molecule has 0 radical (unpaired) electrons. The second kappa shape index (κ2) is 9.35. The predicted molar refractivity (Wildman–Crippen MR) is 133 cm³/mol. The molecule has 13 atom stereocenters. The third-order valence-corrected chi connectivity index (χ3v) is 11.9. The Morgan fingerprint density at radius 3 is 2.50 bits per heavy atom. The number of carbonyl (C=O) groups excluding carboxylic acids is 2. The van der Waals surface area contributed by atoms with Gasteiger partial charge in [0.1, 0.15) is 31.2 Å². The van der Waals surface area contributed by atoms with E-state index in [1.54, 1.807) is 13.0 Å². The van der Waals surface area contributed by atoms with Gasteiger partial charge in [0.25, 0.3) is 0 Å². The molecule has 0 spiro atoms. The molecule has 2 heterocycles. The summed E-state index contributed by atoms with van der Waals surface area (Å²) in [7, 11) is 0. The van der Waals surface area contributed by atoms with Crippen LogP contribution < -0.4 is 0 Å². The number of esters is 1. The van der Waals surface area contributed by atoms with Crippen molar-refractivity contribution >= 4 is 12.3 Å². The Labute approximate surface area is 223 Å². The molecule has 4 saturated carbocycles. The van der Waals surface area contributed by atoms with E-state index in [0.29, 0.717) is 32.3 Å². The molecule has 0 aromatic carbocycles. The van der Waals surface area contributed by atoms with E-state index < -0.39 is 41.7 Å². The van der Waals surface area contributed by atoms with Crippen LogP contribution in [0.15, 0.2) is 11.6 Å². The van der Waals surface area contributed by atoms with Gasteiger partial charge < -0.3 is 39.4 Å². The number of cyclic esters (lactones) is 1. The predicted octanol–water partition coefficient (Wildman–Crippen LogP) is 1.64. The number of fused-ring (bicyclic) bond motifs is 5. The summed E-state index contributed by atoms with van der Waals surface area (Å²) < 4.78 is 17.0. The number of hydrogen-bond donors (Lipinski definition) is 4. The Hall–Kier alpha value is -1.36. The van der Waals surface area contributed by atoms with Gasteiger partial charge in [-0.05, 0) is 94.0 Å². The Morgan fingerprint density at radius 2 is 1.79 bits per heavy atom. The number of aliphatic hydroxyl groups is 4. The van der Waals surface area contributed by atoms with Gasteiger partial charge >= 0.3 is 5.97 Å². The van der Waals surface area contributed by atoms with Crippen LogP contribution in [0.4, 0.5) is 0 Å². The zero-order valence-corrected chi connectivity index (χ0v) is 22.3. The van der Waals surface area contributed by atoms with Gasteiger partial charge in [-0.15, -0.1) is 0 Å². The van der Waals surface area contributed by atoms with Crippen molar-refractivity contribution in [3.8, 4) is 0 Å². The lowest BCUT2D eigenvalue weighted by Crippen LogP contribution is -2.63. The lowest BCUT2D eigenvalue weighted by molar-refractivity contribution is -0.309. The Bertz CT molecular complexity index is 999. The highest BCUT2D eigenvalue weighted by Crippen LogP contribution is 2.69. The fraction of sp³-hybridized carbons (Fsp3) is 0.862. The average Bonchev–Trinajstić information content (AvgIpc) is 3.45. The minimum Gasteiger partial charge on any atom is -0.458 e. The largest absolute Gasteiger partial charge is 0.458 e. The highest BCUT2D eigenvalue weighted by atomic mass is 16.7. The molecule has 9 nitrogen and oxygen atoms in total. The summed E-state index contributed by atoms with van der Waals surface area (Å²) >= 11 is 0. The quantitative estimate of drug-likeness (QED) is 0.240. The Kier molecular flexibility index (Phi) is 6.60. The average molecular weight is 535 g/mol. The second-order valence-electron chi connectivity index (χ2n) is 13.2. The lowest BCUT2D eigenvalue weighted by atomic mass is 9.43. The number of rotatable bonds is 4. The van der Waals surface area contributed by atoms with Crippen molar-refractivity contribution in [2.75, 3.05) is 6.61 Å². The molecule has 9 heteroatoms. The summed E-state index contributed by atoms with van der Waals surface area (Å²) in [5, 5.41) is 42.9. The van der Waals surface area contributed by atoms with Crippen LogP contribution in [0, 0.1) is 34.5 Å². The van der Waals surface area contributed by atoms with E-state index >= 15 is 0 Å². The van der Waals surface area contributed by atoms with Crippen molar-refractivity contribution in [3.63, 3.8) is 0 Å². The van der Waals surface area contributed by atoms with E-state index in [9.17, 15) is 30.0 Å². The fourth-order valence-electron chi connectivity index (χ4n) is 9.73. The monoisotopic (exact) mass is 534 g/mol. The zero-order valence-electron chi connectivity index (χ0n) is 22.3. The van der Waals surface area contributed by atoms with Crippen molar-refractivity contribution in [1.29, 1.82) is 0 Å². The summed E-state index contributed by atoms with van der Waals surface area (Å²) in [6, 6.07) is 0. The van der Waals surface area contributed by atoms with Gasteiger partial charge in [-0.25, -0.2) is 4.79 Å². The van der Waals surface area contributed by atoms with Crippen molar-refractivity contribution in [2.45, 2.75) is 114 Å². The van der Waals surface area contributed by atoms with Crippen LogP contribution in [0.5, 0.6) is 0 Å². The van der Waals surface area contributed by atoms with Crippen LogP contribution in [0.25, 0.3) is 0 Å². The summed E-state index contributed by atoms with van der Waals surface area (Å²) in [5.41, 5.74) is -0.739. The maximum Gasteiger partial charge on any atom is 0.331 e. The van der Waals surface area contributed by atoms with E-state index in [0.717, 1.165) is 37.7 Å². The molecule has 212 valence electrons. The molecule has 0 aromatic heterocycles. The summed E-state index contributed by atoms with van der Waals surface area (Å²) in [5.74, 6) is 0.0678. The van der Waals surface area contributed by atoms with Crippen molar-refractivity contribution in [2.24, 2.45) is 34.5 Å². The van der Waals surface area contributed by atoms with Gasteiger partial charge in [0.05, 0.1) is 17.8 Å². The van der Waals surface area contributed by atoms with Crippen LogP contribution in [-0.4, -0.2) is 81.7 Å². The molecule has 1 saturated heterocycles. The second-order valence-corrected chi connectivity index (χ2v) is 13.2. The normalized spacial score (nSPS) is 54.4. The maximum absolute atomic E-state index is 12.9. The summed E-state index contributed by atoms with van der Waals surface area (Å²) in [6.07, 6.45) is 3.80. The van der Waals surface area contributed by atoms with Crippen LogP contribution in [0.3, 0.4) is 0 Å². The molecule has 4 N–H and O–H groups in total. The van der Waals surface area contributed by atoms with Crippen LogP contribution in [0.1, 0.15) is 71.6 Å². The van der Waals surface area contributed by atoms with Crippen LogP contribution in [-0.2, 0) is 23.8 Å². The number of aliphatic hydroxyl groups excluding tert-OH is 3. The van der Waals surface area contributed by atoms with Gasteiger partial charge in [-0.3, -0.25) is 0 Å². The molecule has 0 amide bonds. The zero-order chi connectivity index (χ0) is 27.0. The van der Waals surface area contributed by atoms with E-state index in [1.165, 1.54) is 6.29 Å². The van der Waals surface area contributed by atoms with Crippen molar-refractivity contribution in [1.82, 2.24) is 0 Å². The van der Waals surface area contributed by atoms with Crippen LogP contribution >= 0.6 is 0 Å². The van der Waals surface area contributed by atoms with Gasteiger partial charge in [0, 0.05) is 16.9 Å². The van der Waals surface area contributed by atoms with Gasteiger partial charge in [0.15, 0.2) is 6.29 Å². The molecular formula is C29H42O9. The van der Waals surface area contributed by atoms with Crippen molar-refractivity contribution in [3.05, 3.63) is 11.6 Å². The maximum atomic E-state index is 12.9. The molecular weight excluding hydrogens is 492 g/mol. The summed E-state index contributed by atoms with van der Waals surface area (Å²) in [6.45, 7) is 4.13. The van der Waals surface area contributed by atoms with E-state index in [4.69, 9.17) is 14.2 Å². The first kappa shape index (κ1) is 26.8. The first-order chi connectivity index (χ1) is 18.0. The molecule has 0 aromatic rings. The molecule has 38 heavy (non-hydrogen) atoms. The minimum atomic E-state index is -1.34. The van der Waals surface area contributed by atoms with E-state index in [-0.39, 0.29) is 41.2 Å². The molecule has 6 rings (SSSR count). The van der Waals surface area contributed by atoms with Gasteiger partial charge in [0.2, 0.25) is 0 Å². The molecule has 4 aliphatic carbocycles. The van der Waals surface area contributed by atoms with Gasteiger partial charge in [-0.1, -0.05) is 6.92 Å². The minimum absolute atomic E-state index is 0.0322. The number of ether oxygens (including phenoxy) is 3. The first-order valence-electron chi connectivity index (χ1n) is 14.4. The topological polar surface area (TPSA) is 143 Å². The van der Waals surface area contributed by atoms with E-state index in [1.807, 2.05) is 0 Å². The number of aldehydes is 1. The van der Waals surface area contributed by atoms with Crippen molar-refractivity contribution < 1.29 is 44.2 Å². The Morgan fingerprint density at radius 1 is 1.00 bits per heavy atom. The molecule has 5 unspecified atom stereocenters. The van der Waals surface area contributed by atoms with E-state index in [2.05, 4.69) is 6.92 Å². The summed E-state index contributed by atoms with van der Waals surface area (Å²) in [4.78, 5) is 24.7. The SMILES string of the molecule is CC1OC(O[C@H]2CC[C@@]3(C=O)[C@H](CC[C@@H]4[C@@H]3CC[C@]3(C)[C@@H](C5=CC(=O)OC5)CC[C@]43O)C2)C(O)C(O)C1O. The highest BCUT2D eigenvalue weighted by Gasteiger charge is 2.68. The molecule has 6 aliphatic rings. The Balaban J connectivity index is 1.19. The first-order valence-corrected chi connectivity index (χ1v) is 14.4. The highest BCUT2D eigenvalue weighted by molar-refractivity contribution is 5.85. The third kappa shape index (κ3) is 3.72. The third-order valence-electron chi connectivity index (χ3n) is 11.9. The fourth-order valence-corrected chi connectivity index (χ4v) is 9.73. The standard InChI is InChI=1S/C29H42O9/c1-15-23(32)24(33)25(34)26(37-15)38-18-5-9-28(14-30)17(12-18)3-4-21-20(28)6-8-27(2)19(7-10-29(21,27)35)16-11-22(31)36-13-16/h11,14-15,17-21,23-26,32-35H,3-10,12-13H2,1-2H3/t15?,17-,18+,19-,20+,21-,23?,24?,25?,26?,27-,28-,29+/m1/s1. The molecule has 2 aliphatic heterocycles. The smallest absolute Gasteiger partial charge is 0.331 e. The van der Waals surface area contributed by atoms with Crippen LogP contribution in [0.2, 0.25) is 0 Å². The molecule has 5 fully saturated rings. The van der Waals surface area contributed by atoms with Gasteiger partial charge in [-0.2, -0.15) is 0 Å².